The molecule has 0 spiro atoms. The summed E-state index contributed by atoms with van der Waals surface area (Å²) in [6.45, 7) is 8.46. The number of aryl methyl sites for hydroxylation is 1. The fourth-order valence-corrected chi connectivity index (χ4v) is 13.2. The van der Waals surface area contributed by atoms with Crippen LogP contribution in [0.2, 0.25) is 5.04 Å². The summed E-state index contributed by atoms with van der Waals surface area (Å²) in [4.78, 5) is 14.4. The lowest BCUT2D eigenvalue weighted by molar-refractivity contribution is -0.118. The molecule has 2 atom stereocenters. The summed E-state index contributed by atoms with van der Waals surface area (Å²) in [5, 5.41) is 4.72. The summed E-state index contributed by atoms with van der Waals surface area (Å²) >= 11 is 0. The Morgan fingerprint density at radius 2 is 1.35 bits per heavy atom. The van der Waals surface area contributed by atoms with E-state index < -0.39 is 35.1 Å². The number of rotatable bonds is 14. The highest BCUT2D eigenvalue weighted by Gasteiger charge is 2.52. The number of hydrogen-bond donors (Lipinski definition) is 1. The van der Waals surface area contributed by atoms with Crippen LogP contribution < -0.4 is 20.1 Å². The predicted octanol–water partition coefficient (Wildman–Crippen LogP) is 7.06. The molecule has 5 aromatic rings. The van der Waals surface area contributed by atoms with E-state index >= 15 is 0 Å². The van der Waals surface area contributed by atoms with Crippen molar-refractivity contribution in [3.8, 4) is 5.75 Å². The van der Waals surface area contributed by atoms with Crippen LogP contribution in [0, 0.1) is 6.92 Å². The lowest BCUT2D eigenvalue weighted by atomic mass is 10.2. The SMILES string of the molecule is CO[C@H](CC(=O)Nc1cc(CS(=O)(=O)c2ccccc2)cc(O[Si](c2ccccc2)(c2ccccc2)C(C)(C)C)c1)CS(=O)c1ccc(C)cc1. The van der Waals surface area contributed by atoms with E-state index in [4.69, 9.17) is 9.16 Å². The van der Waals surface area contributed by atoms with Crippen LogP contribution in [0.25, 0.3) is 0 Å². The van der Waals surface area contributed by atoms with Crippen molar-refractivity contribution < 1.29 is 26.6 Å². The van der Waals surface area contributed by atoms with Crippen LogP contribution in [0.5, 0.6) is 5.75 Å². The molecule has 266 valence electrons. The second-order valence-corrected chi connectivity index (χ2v) is 21.3. The standard InChI is InChI=1S/C41H45NO6S2Si/c1-31-21-23-36(24-22-31)49(44)29-35(47-5)28-40(43)42-33-25-32(30-50(45,46)37-15-9-6-10-16-37)26-34(27-33)48-51(41(2,3)4,38-17-11-7-12-18-38)39-19-13-8-14-20-39/h6-27,35H,28-30H2,1-5H3,(H,42,43)/t35-,49?/m1/s1. The van der Waals surface area contributed by atoms with Crippen LogP contribution in [0.15, 0.2) is 143 Å². The predicted molar refractivity (Wildman–Crippen MR) is 209 cm³/mol. The van der Waals surface area contributed by atoms with Crippen molar-refractivity contribution in [2.45, 2.75) is 60.8 Å². The Bertz CT molecular complexity index is 2010. The van der Waals surface area contributed by atoms with Gasteiger partial charge in [-0.25, -0.2) is 8.42 Å². The Morgan fingerprint density at radius 3 is 1.88 bits per heavy atom. The van der Waals surface area contributed by atoms with Gasteiger partial charge in [-0.1, -0.05) is 117 Å². The monoisotopic (exact) mass is 739 g/mol. The van der Waals surface area contributed by atoms with E-state index in [-0.39, 0.29) is 33.8 Å². The third-order valence-corrected chi connectivity index (χ3v) is 16.9. The number of benzene rings is 5. The van der Waals surface area contributed by atoms with Crippen LogP contribution in [0.3, 0.4) is 0 Å². The van der Waals surface area contributed by atoms with Crippen LogP contribution in [-0.4, -0.2) is 45.8 Å². The molecule has 0 radical (unpaired) electrons. The third kappa shape index (κ3) is 9.31. The van der Waals surface area contributed by atoms with Crippen molar-refractivity contribution in [2.24, 2.45) is 0 Å². The summed E-state index contributed by atoms with van der Waals surface area (Å²) in [5.74, 6) is -0.0649. The quantitative estimate of drug-likeness (QED) is 0.123. The summed E-state index contributed by atoms with van der Waals surface area (Å²) in [7, 11) is -6.70. The molecule has 7 nitrogen and oxygen atoms in total. The van der Waals surface area contributed by atoms with Crippen molar-refractivity contribution in [1.29, 1.82) is 0 Å². The van der Waals surface area contributed by atoms with E-state index in [2.05, 4.69) is 50.4 Å². The Labute approximate surface area is 305 Å². The highest BCUT2D eigenvalue weighted by atomic mass is 32.2. The van der Waals surface area contributed by atoms with Crippen LogP contribution in [0.1, 0.15) is 38.3 Å². The Kier molecular flexibility index (Phi) is 12.1. The van der Waals surface area contributed by atoms with Gasteiger partial charge in [-0.3, -0.25) is 9.00 Å². The van der Waals surface area contributed by atoms with Gasteiger partial charge in [0.2, 0.25) is 5.91 Å². The smallest absolute Gasteiger partial charge is 0.319 e. The first-order valence-corrected chi connectivity index (χ1v) is 21.7. The minimum atomic E-state index is -3.73. The topological polar surface area (TPSA) is 98.8 Å². The van der Waals surface area contributed by atoms with Crippen molar-refractivity contribution in [2.75, 3.05) is 18.2 Å². The molecule has 1 unspecified atom stereocenters. The molecule has 0 aliphatic heterocycles. The first kappa shape index (κ1) is 37.9. The average molecular weight is 740 g/mol. The molecule has 0 saturated carbocycles. The molecule has 5 aromatic carbocycles. The van der Waals surface area contributed by atoms with Gasteiger partial charge in [0.25, 0.3) is 0 Å². The molecule has 1 amide bonds. The number of anilines is 1. The number of methoxy groups -OCH3 is 1. The molecule has 1 N–H and O–H groups in total. The fraction of sp³-hybridized carbons (Fsp3) is 0.244. The van der Waals surface area contributed by atoms with Gasteiger partial charge >= 0.3 is 8.32 Å². The van der Waals surface area contributed by atoms with Gasteiger partial charge < -0.3 is 14.5 Å². The minimum Gasteiger partial charge on any atom is -0.534 e. The van der Waals surface area contributed by atoms with Crippen molar-refractivity contribution in [1.82, 2.24) is 0 Å². The van der Waals surface area contributed by atoms with Gasteiger partial charge in [-0.15, -0.1) is 0 Å². The third-order valence-electron chi connectivity index (χ3n) is 8.76. The highest BCUT2D eigenvalue weighted by Crippen LogP contribution is 2.38. The van der Waals surface area contributed by atoms with Crippen LogP contribution >= 0.6 is 0 Å². The summed E-state index contributed by atoms with van der Waals surface area (Å²) in [5.41, 5.74) is 1.92. The molecular weight excluding hydrogens is 695 g/mol. The molecular formula is C41H45NO6S2Si. The van der Waals surface area contributed by atoms with Crippen molar-refractivity contribution in [3.05, 3.63) is 145 Å². The van der Waals surface area contributed by atoms with E-state index in [1.165, 1.54) is 7.11 Å². The zero-order chi connectivity index (χ0) is 36.6. The number of hydrogen-bond acceptors (Lipinski definition) is 6. The van der Waals surface area contributed by atoms with E-state index in [1.807, 2.05) is 67.6 Å². The van der Waals surface area contributed by atoms with Crippen molar-refractivity contribution >= 4 is 50.9 Å². The summed E-state index contributed by atoms with van der Waals surface area (Å²) in [6, 6.07) is 41.2. The molecule has 0 fully saturated rings. The Morgan fingerprint density at radius 1 is 0.804 bits per heavy atom. The zero-order valence-corrected chi connectivity index (χ0v) is 32.3. The Hall–Kier alpha value is -4.35. The maximum absolute atomic E-state index is 13.6. The van der Waals surface area contributed by atoms with Crippen molar-refractivity contribution in [3.63, 3.8) is 0 Å². The summed E-state index contributed by atoms with van der Waals surface area (Å²) < 4.78 is 53.1. The molecule has 0 aromatic heterocycles. The molecule has 0 heterocycles. The second-order valence-electron chi connectivity index (χ2n) is 13.6. The summed E-state index contributed by atoms with van der Waals surface area (Å²) in [6.07, 6.45) is -0.660. The van der Waals surface area contributed by atoms with Crippen LogP contribution in [-0.2, 0) is 35.9 Å². The van der Waals surface area contributed by atoms with E-state index in [0.29, 0.717) is 21.9 Å². The van der Waals surface area contributed by atoms with E-state index in [1.54, 1.807) is 48.5 Å². The maximum Gasteiger partial charge on any atom is 0.319 e. The van der Waals surface area contributed by atoms with Crippen LogP contribution in [0.4, 0.5) is 5.69 Å². The largest absolute Gasteiger partial charge is 0.534 e. The molecule has 5 rings (SSSR count). The second kappa shape index (κ2) is 16.3. The molecule has 0 aliphatic carbocycles. The highest BCUT2D eigenvalue weighted by molar-refractivity contribution is 7.90. The average Bonchev–Trinajstić information content (AvgIpc) is 3.11. The maximum atomic E-state index is 13.6. The van der Waals surface area contributed by atoms with Gasteiger partial charge in [0, 0.05) is 23.8 Å². The number of sulfone groups is 1. The van der Waals surface area contributed by atoms with E-state index in [0.717, 1.165) is 15.9 Å². The minimum absolute atomic E-state index is 0.0501. The first-order chi connectivity index (χ1) is 24.3. The first-order valence-electron chi connectivity index (χ1n) is 16.8. The van der Waals surface area contributed by atoms with Gasteiger partial charge in [0.1, 0.15) is 5.75 Å². The molecule has 10 heteroatoms. The fourth-order valence-electron chi connectivity index (χ4n) is 6.22. The lowest BCUT2D eigenvalue weighted by Gasteiger charge is -2.43. The molecule has 51 heavy (non-hydrogen) atoms. The number of amides is 1. The molecule has 0 aliphatic rings. The lowest BCUT2D eigenvalue weighted by Crippen LogP contribution is -2.68. The number of carbonyl (C=O) groups excluding carboxylic acids is 1. The molecule has 0 bridgehead atoms. The Balaban J connectivity index is 1.52. The van der Waals surface area contributed by atoms with E-state index in [9.17, 15) is 17.4 Å². The normalized spacial score (nSPS) is 13.3. The number of nitrogens with one attached hydrogen (secondary N) is 1. The van der Waals surface area contributed by atoms with Gasteiger partial charge in [-0.2, -0.15) is 0 Å². The zero-order valence-electron chi connectivity index (χ0n) is 29.7. The number of carbonyl (C=O) groups is 1. The molecule has 0 saturated heterocycles. The van der Waals surface area contributed by atoms with Gasteiger partial charge in [0.15, 0.2) is 9.84 Å². The number of ether oxygens (including phenoxy) is 1. The van der Waals surface area contributed by atoms with Gasteiger partial charge in [-0.05, 0) is 64.3 Å². The van der Waals surface area contributed by atoms with Gasteiger partial charge in [0.05, 0.1) is 39.7 Å².